The van der Waals surface area contributed by atoms with Crippen molar-refractivity contribution in [3.05, 3.63) is 30.3 Å². The molecule has 0 atom stereocenters. The Morgan fingerprint density at radius 1 is 1.12 bits per heavy atom. The van der Waals surface area contributed by atoms with Gasteiger partial charge in [0.25, 0.3) is 0 Å². The average molecular weight is 351 g/mol. The Labute approximate surface area is 143 Å². The van der Waals surface area contributed by atoms with Gasteiger partial charge in [-0.2, -0.15) is 4.31 Å². The van der Waals surface area contributed by atoms with E-state index in [2.05, 4.69) is 5.32 Å². The van der Waals surface area contributed by atoms with Gasteiger partial charge < -0.3 is 10.2 Å². The summed E-state index contributed by atoms with van der Waals surface area (Å²) in [4.78, 5) is 14.7. The quantitative estimate of drug-likeness (QED) is 0.861. The highest BCUT2D eigenvalue weighted by Gasteiger charge is 2.35. The molecule has 1 saturated carbocycles. The third-order valence-electron chi connectivity index (χ3n) is 4.84. The van der Waals surface area contributed by atoms with Crippen LogP contribution >= 0.6 is 0 Å². The molecule has 6 nitrogen and oxygen atoms in total. The zero-order chi connectivity index (χ0) is 17.0. The molecule has 1 aliphatic carbocycles. The summed E-state index contributed by atoms with van der Waals surface area (Å²) in [5.41, 5.74) is 0. The number of hydrogen-bond acceptors (Lipinski definition) is 4. The van der Waals surface area contributed by atoms with E-state index in [4.69, 9.17) is 0 Å². The van der Waals surface area contributed by atoms with Crippen molar-refractivity contribution in [1.29, 1.82) is 0 Å². The van der Waals surface area contributed by atoms with Crippen LogP contribution in [0.3, 0.4) is 0 Å². The highest BCUT2D eigenvalue weighted by Crippen LogP contribution is 2.28. The van der Waals surface area contributed by atoms with Crippen molar-refractivity contribution in [3.63, 3.8) is 0 Å². The Morgan fingerprint density at radius 2 is 1.75 bits per heavy atom. The van der Waals surface area contributed by atoms with Crippen molar-refractivity contribution in [2.45, 2.75) is 36.6 Å². The van der Waals surface area contributed by atoms with Crippen LogP contribution in [0.5, 0.6) is 0 Å². The maximum absolute atomic E-state index is 13.1. The molecule has 24 heavy (non-hydrogen) atoms. The Bertz CT molecular complexity index is 651. The van der Waals surface area contributed by atoms with Crippen LogP contribution in [0.25, 0.3) is 0 Å². The summed E-state index contributed by atoms with van der Waals surface area (Å²) in [6.07, 6.45) is 3.71. The molecule has 0 bridgehead atoms. The van der Waals surface area contributed by atoms with E-state index in [9.17, 15) is 13.2 Å². The first-order chi connectivity index (χ1) is 11.6. The molecular weight excluding hydrogens is 326 g/mol. The van der Waals surface area contributed by atoms with Gasteiger partial charge in [0.1, 0.15) is 0 Å². The number of rotatable bonds is 5. The van der Waals surface area contributed by atoms with Crippen molar-refractivity contribution in [2.24, 2.45) is 0 Å². The minimum atomic E-state index is -3.65. The lowest BCUT2D eigenvalue weighted by molar-refractivity contribution is -0.132. The van der Waals surface area contributed by atoms with Crippen LogP contribution in [0.4, 0.5) is 0 Å². The molecule has 1 heterocycles. The summed E-state index contributed by atoms with van der Waals surface area (Å²) in [5.74, 6) is -0.0945. The van der Waals surface area contributed by atoms with E-state index in [1.54, 1.807) is 35.2 Å². The Kier molecular flexibility index (Phi) is 5.53. The summed E-state index contributed by atoms with van der Waals surface area (Å²) >= 11 is 0. The second-order valence-electron chi connectivity index (χ2n) is 6.43. The van der Waals surface area contributed by atoms with Crippen molar-refractivity contribution >= 4 is 15.9 Å². The Morgan fingerprint density at radius 3 is 2.38 bits per heavy atom. The molecule has 1 saturated heterocycles. The van der Waals surface area contributed by atoms with Crippen LogP contribution in [0.2, 0.25) is 0 Å². The molecule has 1 aromatic carbocycles. The number of piperazine rings is 1. The van der Waals surface area contributed by atoms with Gasteiger partial charge in [-0.25, -0.2) is 8.42 Å². The van der Waals surface area contributed by atoms with Gasteiger partial charge in [-0.1, -0.05) is 31.0 Å². The molecule has 0 aromatic heterocycles. The van der Waals surface area contributed by atoms with Crippen LogP contribution < -0.4 is 5.32 Å². The Balaban J connectivity index is 1.82. The molecule has 1 aromatic rings. The minimum Gasteiger partial charge on any atom is -0.339 e. The normalized spacial score (nSPS) is 19.8. The first kappa shape index (κ1) is 17.4. The maximum atomic E-state index is 13.1. The number of carbonyl (C=O) groups excluding carboxylic acids is 1. The molecule has 0 spiro atoms. The number of benzene rings is 1. The molecule has 0 unspecified atom stereocenters. The molecule has 7 heteroatoms. The molecule has 1 aliphatic heterocycles. The zero-order valence-electron chi connectivity index (χ0n) is 13.9. The lowest BCUT2D eigenvalue weighted by Gasteiger charge is -2.32. The number of nitrogens with one attached hydrogen (secondary N) is 1. The van der Waals surface area contributed by atoms with Gasteiger partial charge in [0.2, 0.25) is 15.9 Å². The lowest BCUT2D eigenvalue weighted by atomic mass is 10.2. The number of nitrogens with zero attached hydrogens (tertiary/aromatic N) is 2. The molecular formula is C17H25N3O3S. The fourth-order valence-corrected chi connectivity index (χ4v) is 5.13. The molecule has 132 valence electrons. The highest BCUT2D eigenvalue weighted by atomic mass is 32.2. The summed E-state index contributed by atoms with van der Waals surface area (Å²) in [5, 5.41) is 3.21. The fourth-order valence-electron chi connectivity index (χ4n) is 3.48. The summed E-state index contributed by atoms with van der Waals surface area (Å²) < 4.78 is 27.6. The van der Waals surface area contributed by atoms with Crippen molar-refractivity contribution in [2.75, 3.05) is 32.7 Å². The van der Waals surface area contributed by atoms with Crippen molar-refractivity contribution < 1.29 is 13.2 Å². The summed E-state index contributed by atoms with van der Waals surface area (Å²) in [7, 11) is -3.65. The van der Waals surface area contributed by atoms with Gasteiger partial charge in [0.05, 0.1) is 11.4 Å². The average Bonchev–Trinajstić information content (AvgIpc) is 3.15. The van der Waals surface area contributed by atoms with E-state index < -0.39 is 10.0 Å². The maximum Gasteiger partial charge on any atom is 0.243 e. The van der Waals surface area contributed by atoms with Gasteiger partial charge in [-0.05, 0) is 25.0 Å². The molecule has 2 aliphatic rings. The highest BCUT2D eigenvalue weighted by molar-refractivity contribution is 7.89. The summed E-state index contributed by atoms with van der Waals surface area (Å²) in [6, 6.07) is 8.38. The van der Waals surface area contributed by atoms with E-state index >= 15 is 0 Å². The molecule has 1 N–H and O–H groups in total. The molecule has 0 radical (unpaired) electrons. The second kappa shape index (κ2) is 7.63. The van der Waals surface area contributed by atoms with E-state index in [1.165, 1.54) is 4.31 Å². The predicted octanol–water partition coefficient (Wildman–Crippen LogP) is 1.05. The van der Waals surface area contributed by atoms with Crippen LogP contribution in [0.1, 0.15) is 25.7 Å². The van der Waals surface area contributed by atoms with Gasteiger partial charge >= 0.3 is 0 Å². The van der Waals surface area contributed by atoms with Crippen LogP contribution in [-0.2, 0) is 14.8 Å². The first-order valence-electron chi connectivity index (χ1n) is 8.64. The van der Waals surface area contributed by atoms with Crippen molar-refractivity contribution in [1.82, 2.24) is 14.5 Å². The molecule has 1 amide bonds. The van der Waals surface area contributed by atoms with E-state index in [0.717, 1.165) is 38.8 Å². The van der Waals surface area contributed by atoms with Crippen LogP contribution in [0, 0.1) is 0 Å². The van der Waals surface area contributed by atoms with Gasteiger partial charge in [-0.3, -0.25) is 4.79 Å². The third-order valence-corrected chi connectivity index (χ3v) is 6.76. The number of sulfonamides is 1. The number of carbonyl (C=O) groups is 1. The van der Waals surface area contributed by atoms with Crippen molar-refractivity contribution in [3.8, 4) is 0 Å². The predicted molar refractivity (Wildman–Crippen MR) is 92.0 cm³/mol. The monoisotopic (exact) mass is 351 g/mol. The van der Waals surface area contributed by atoms with E-state index in [0.29, 0.717) is 13.1 Å². The second-order valence-corrected chi connectivity index (χ2v) is 8.32. The molecule has 3 rings (SSSR count). The van der Waals surface area contributed by atoms with Crippen LogP contribution in [0.15, 0.2) is 35.2 Å². The van der Waals surface area contributed by atoms with E-state index in [1.807, 2.05) is 0 Å². The largest absolute Gasteiger partial charge is 0.339 e. The minimum absolute atomic E-state index is 0.0537. The topological polar surface area (TPSA) is 69.7 Å². The fraction of sp³-hybridized carbons (Fsp3) is 0.588. The zero-order valence-corrected chi connectivity index (χ0v) is 14.7. The van der Waals surface area contributed by atoms with Gasteiger partial charge in [0, 0.05) is 32.2 Å². The smallest absolute Gasteiger partial charge is 0.243 e. The lowest BCUT2D eigenvalue weighted by Crippen LogP contribution is -2.51. The summed E-state index contributed by atoms with van der Waals surface area (Å²) in [6.45, 7) is 2.76. The van der Waals surface area contributed by atoms with Gasteiger partial charge in [0.15, 0.2) is 0 Å². The van der Waals surface area contributed by atoms with Crippen LogP contribution in [-0.4, -0.2) is 62.3 Å². The Hall–Kier alpha value is -1.44. The SMILES string of the molecule is O=C(CN(C1CCCC1)S(=O)(=O)c1ccccc1)N1CCNCC1. The number of amides is 1. The third kappa shape index (κ3) is 3.79. The standard InChI is InChI=1S/C17H25N3O3S/c21-17(19-12-10-18-11-13-19)14-20(15-6-4-5-7-15)24(22,23)16-8-2-1-3-9-16/h1-3,8-9,15,18H,4-7,10-14H2. The van der Waals surface area contributed by atoms with E-state index in [-0.39, 0.29) is 23.4 Å². The number of hydrogen-bond donors (Lipinski definition) is 1. The first-order valence-corrected chi connectivity index (χ1v) is 10.1. The molecule has 2 fully saturated rings. The van der Waals surface area contributed by atoms with Gasteiger partial charge in [-0.15, -0.1) is 0 Å².